The molecule has 0 atom stereocenters. The largest absolute Gasteiger partial charge is 0.335 e. The molecule has 4 heteroatoms. The molecule has 2 amide bonds. The van der Waals surface area contributed by atoms with Gasteiger partial charge in [0.25, 0.3) is 0 Å². The molecule has 16 heavy (non-hydrogen) atoms. The highest BCUT2D eigenvalue weighted by Gasteiger charge is 2.16. The number of rotatable bonds is 2. The molecule has 86 valence electrons. The monoisotopic (exact) mass is 219 g/mol. The van der Waals surface area contributed by atoms with Gasteiger partial charge in [0.05, 0.1) is 11.9 Å². The standard InChI is InChI=1S/C12H17N3O/c1-9-6-11(8-13-7-9)15-12(16)14-10-4-2-3-5-10/h6-8,10H,2-5H2,1H3,(H2,14,15,16). The van der Waals surface area contributed by atoms with Gasteiger partial charge in [-0.25, -0.2) is 4.79 Å². The van der Waals surface area contributed by atoms with E-state index in [2.05, 4.69) is 15.6 Å². The summed E-state index contributed by atoms with van der Waals surface area (Å²) >= 11 is 0. The third-order valence-electron chi connectivity index (χ3n) is 2.82. The molecule has 0 saturated heterocycles. The zero-order valence-electron chi connectivity index (χ0n) is 9.49. The quantitative estimate of drug-likeness (QED) is 0.802. The minimum atomic E-state index is -0.126. The van der Waals surface area contributed by atoms with Crippen LogP contribution in [0, 0.1) is 6.92 Å². The van der Waals surface area contributed by atoms with Crippen molar-refractivity contribution in [3.05, 3.63) is 24.0 Å². The van der Waals surface area contributed by atoms with Crippen LogP contribution in [0.1, 0.15) is 31.2 Å². The number of aromatic nitrogens is 1. The number of hydrogen-bond acceptors (Lipinski definition) is 2. The Bertz CT molecular complexity index is 372. The van der Waals surface area contributed by atoms with Gasteiger partial charge < -0.3 is 10.6 Å². The molecule has 1 fully saturated rings. The molecule has 0 unspecified atom stereocenters. The van der Waals surface area contributed by atoms with E-state index in [4.69, 9.17) is 0 Å². The van der Waals surface area contributed by atoms with E-state index in [1.165, 1.54) is 12.8 Å². The molecule has 1 aliphatic carbocycles. The maximum Gasteiger partial charge on any atom is 0.319 e. The smallest absolute Gasteiger partial charge is 0.319 e. The van der Waals surface area contributed by atoms with Crippen LogP contribution in [-0.4, -0.2) is 17.1 Å². The first-order valence-corrected chi connectivity index (χ1v) is 5.73. The fourth-order valence-corrected chi connectivity index (χ4v) is 2.05. The van der Waals surface area contributed by atoms with Crippen molar-refractivity contribution in [3.8, 4) is 0 Å². The molecule has 2 rings (SSSR count). The summed E-state index contributed by atoms with van der Waals surface area (Å²) in [6.45, 7) is 1.95. The molecule has 0 aromatic carbocycles. The highest BCUT2D eigenvalue weighted by atomic mass is 16.2. The Hall–Kier alpha value is -1.58. The van der Waals surface area contributed by atoms with Gasteiger partial charge in [-0.15, -0.1) is 0 Å². The van der Waals surface area contributed by atoms with Crippen molar-refractivity contribution in [1.82, 2.24) is 10.3 Å². The number of carbonyl (C=O) groups is 1. The summed E-state index contributed by atoms with van der Waals surface area (Å²) in [7, 11) is 0. The molecule has 0 aliphatic heterocycles. The summed E-state index contributed by atoms with van der Waals surface area (Å²) in [6, 6.07) is 2.12. The van der Waals surface area contributed by atoms with Crippen LogP contribution in [0.15, 0.2) is 18.5 Å². The van der Waals surface area contributed by atoms with Gasteiger partial charge in [0.15, 0.2) is 0 Å². The SMILES string of the molecule is Cc1cncc(NC(=O)NC2CCCC2)c1. The highest BCUT2D eigenvalue weighted by Crippen LogP contribution is 2.17. The summed E-state index contributed by atoms with van der Waals surface area (Å²) in [6.07, 6.45) is 8.05. The molecule has 0 radical (unpaired) electrons. The summed E-state index contributed by atoms with van der Waals surface area (Å²) in [5, 5.41) is 5.77. The molecule has 1 heterocycles. The average Bonchev–Trinajstić information content (AvgIpc) is 2.70. The maximum atomic E-state index is 11.6. The molecule has 1 aromatic heterocycles. The first-order chi connectivity index (χ1) is 7.74. The minimum absolute atomic E-state index is 0.126. The Morgan fingerprint density at radius 3 is 2.81 bits per heavy atom. The predicted octanol–water partition coefficient (Wildman–Crippen LogP) is 2.45. The summed E-state index contributed by atoms with van der Waals surface area (Å²) in [5.74, 6) is 0. The Labute approximate surface area is 95.5 Å². The predicted molar refractivity (Wildman–Crippen MR) is 63.4 cm³/mol. The zero-order valence-corrected chi connectivity index (χ0v) is 9.49. The van der Waals surface area contributed by atoms with Crippen LogP contribution >= 0.6 is 0 Å². The first-order valence-electron chi connectivity index (χ1n) is 5.73. The van der Waals surface area contributed by atoms with Gasteiger partial charge in [0.1, 0.15) is 0 Å². The summed E-state index contributed by atoms with van der Waals surface area (Å²) in [4.78, 5) is 15.7. The second kappa shape index (κ2) is 4.96. The van der Waals surface area contributed by atoms with Crippen LogP contribution in [0.25, 0.3) is 0 Å². The van der Waals surface area contributed by atoms with Crippen molar-refractivity contribution < 1.29 is 4.79 Å². The molecular formula is C12H17N3O. The fraction of sp³-hybridized carbons (Fsp3) is 0.500. The lowest BCUT2D eigenvalue weighted by Crippen LogP contribution is -2.36. The Morgan fingerprint density at radius 1 is 1.38 bits per heavy atom. The summed E-state index contributed by atoms with van der Waals surface area (Å²) < 4.78 is 0. The van der Waals surface area contributed by atoms with E-state index in [1.54, 1.807) is 12.4 Å². The molecule has 4 nitrogen and oxygen atoms in total. The molecule has 1 aliphatic rings. The molecule has 0 spiro atoms. The van der Waals surface area contributed by atoms with Crippen molar-refractivity contribution in [1.29, 1.82) is 0 Å². The van der Waals surface area contributed by atoms with Crippen molar-refractivity contribution in [2.24, 2.45) is 0 Å². The Kier molecular flexibility index (Phi) is 3.39. The molecule has 1 saturated carbocycles. The number of urea groups is 1. The van der Waals surface area contributed by atoms with E-state index < -0.39 is 0 Å². The van der Waals surface area contributed by atoms with Crippen molar-refractivity contribution in [2.75, 3.05) is 5.32 Å². The van der Waals surface area contributed by atoms with Gasteiger partial charge >= 0.3 is 6.03 Å². The maximum absolute atomic E-state index is 11.6. The molecular weight excluding hydrogens is 202 g/mol. The number of hydrogen-bond donors (Lipinski definition) is 2. The van der Waals surface area contributed by atoms with Gasteiger partial charge in [0.2, 0.25) is 0 Å². The van der Waals surface area contributed by atoms with E-state index in [0.29, 0.717) is 6.04 Å². The minimum Gasteiger partial charge on any atom is -0.335 e. The van der Waals surface area contributed by atoms with Crippen LogP contribution in [0.3, 0.4) is 0 Å². The van der Waals surface area contributed by atoms with E-state index in [-0.39, 0.29) is 6.03 Å². The lowest BCUT2D eigenvalue weighted by atomic mass is 10.2. The molecule has 2 N–H and O–H groups in total. The van der Waals surface area contributed by atoms with E-state index >= 15 is 0 Å². The van der Waals surface area contributed by atoms with Crippen molar-refractivity contribution >= 4 is 11.7 Å². The lowest BCUT2D eigenvalue weighted by molar-refractivity contribution is 0.248. The number of nitrogens with zero attached hydrogens (tertiary/aromatic N) is 1. The zero-order chi connectivity index (χ0) is 11.4. The van der Waals surface area contributed by atoms with Gasteiger partial charge in [0, 0.05) is 12.2 Å². The lowest BCUT2D eigenvalue weighted by Gasteiger charge is -2.12. The number of carbonyl (C=O) groups excluding carboxylic acids is 1. The number of nitrogens with one attached hydrogen (secondary N) is 2. The Balaban J connectivity index is 1.86. The van der Waals surface area contributed by atoms with Crippen LogP contribution in [0.2, 0.25) is 0 Å². The van der Waals surface area contributed by atoms with Gasteiger partial charge in [-0.05, 0) is 31.4 Å². The second-order valence-corrected chi connectivity index (χ2v) is 4.33. The molecule has 0 bridgehead atoms. The number of amides is 2. The van der Waals surface area contributed by atoms with Gasteiger partial charge in [-0.3, -0.25) is 4.98 Å². The van der Waals surface area contributed by atoms with E-state index in [1.807, 2.05) is 13.0 Å². The summed E-state index contributed by atoms with van der Waals surface area (Å²) in [5.41, 5.74) is 1.79. The first kappa shape index (κ1) is 10.9. The van der Waals surface area contributed by atoms with Gasteiger partial charge in [-0.2, -0.15) is 0 Å². The van der Waals surface area contributed by atoms with E-state index in [0.717, 1.165) is 24.1 Å². The average molecular weight is 219 g/mol. The number of aryl methyl sites for hydroxylation is 1. The van der Waals surface area contributed by atoms with Crippen LogP contribution in [-0.2, 0) is 0 Å². The third kappa shape index (κ3) is 2.95. The topological polar surface area (TPSA) is 54.0 Å². The third-order valence-corrected chi connectivity index (χ3v) is 2.82. The van der Waals surface area contributed by atoms with Crippen LogP contribution < -0.4 is 10.6 Å². The van der Waals surface area contributed by atoms with Gasteiger partial charge in [-0.1, -0.05) is 12.8 Å². The normalized spacial score (nSPS) is 16.1. The fourth-order valence-electron chi connectivity index (χ4n) is 2.05. The van der Waals surface area contributed by atoms with Crippen LogP contribution in [0.5, 0.6) is 0 Å². The molecule has 1 aromatic rings. The number of pyridine rings is 1. The second-order valence-electron chi connectivity index (χ2n) is 4.33. The van der Waals surface area contributed by atoms with E-state index in [9.17, 15) is 4.79 Å². The Morgan fingerprint density at radius 2 is 2.12 bits per heavy atom. The number of anilines is 1. The van der Waals surface area contributed by atoms with Crippen molar-refractivity contribution in [2.45, 2.75) is 38.6 Å². The van der Waals surface area contributed by atoms with Crippen molar-refractivity contribution in [3.63, 3.8) is 0 Å². The van der Waals surface area contributed by atoms with Crippen LogP contribution in [0.4, 0.5) is 10.5 Å². The highest BCUT2D eigenvalue weighted by molar-refractivity contribution is 5.89.